The molecule has 0 bridgehead atoms. The molecule has 0 spiro atoms. The van der Waals surface area contributed by atoms with E-state index in [1.807, 2.05) is 0 Å². The van der Waals surface area contributed by atoms with E-state index in [0.717, 1.165) is 0 Å². The number of phosphoric acid groups is 1. The first-order valence-corrected chi connectivity index (χ1v) is 4.09. The van der Waals surface area contributed by atoms with Gasteiger partial charge < -0.3 is 11.2 Å². The van der Waals surface area contributed by atoms with Crippen molar-refractivity contribution in [1.29, 1.82) is 0 Å². The minimum Gasteiger partial charge on any atom is -1.00 e. The van der Waals surface area contributed by atoms with Gasteiger partial charge in [-0.1, -0.05) is 0 Å². The van der Waals surface area contributed by atoms with E-state index in [9.17, 15) is 9.05 Å². The molecule has 2 N–H and O–H groups in total. The quantitative estimate of drug-likeness (QED) is 0.231. The molecule has 0 heterocycles. The van der Waals surface area contributed by atoms with Gasteiger partial charge in [0.2, 0.25) is 0 Å². The second-order valence-electron chi connectivity index (χ2n) is 1.53. The van der Waals surface area contributed by atoms with Crippen molar-refractivity contribution in [3.8, 4) is 0 Å². The maximum atomic E-state index is 12.0. The largest absolute Gasteiger partial charge is 1.00 e. The van der Waals surface area contributed by atoms with E-state index in [0.29, 0.717) is 0 Å². The zero-order chi connectivity index (χ0) is 8.20. The molecule has 0 aliphatic carbocycles. The first-order chi connectivity index (χ1) is 4.45. The molecule has 0 atom stereocenters. The third kappa shape index (κ3) is 11.6. The molecule has 0 fully saturated rings. The summed E-state index contributed by atoms with van der Waals surface area (Å²) in [6.45, 7) is 0.809. The van der Waals surface area contributed by atoms with E-state index in [-0.39, 0.29) is 64.5 Å². The zero-order valence-electron chi connectivity index (χ0n) is 7.40. The molecule has 0 amide bonds. The molecule has 0 unspecified atom stereocenters. The first kappa shape index (κ1) is 15.1. The Bertz CT molecular complexity index is 146. The van der Waals surface area contributed by atoms with E-state index in [4.69, 9.17) is 9.79 Å². The summed E-state index contributed by atoms with van der Waals surface area (Å²) in [5.41, 5.74) is 0. The Kier molecular flexibility index (Phi) is 9.73. The van der Waals surface area contributed by atoms with Gasteiger partial charge >= 0.3 is 59.2 Å². The average molecular weight is 213 g/mol. The number of halogens is 1. The second kappa shape index (κ2) is 7.08. The maximum absolute atomic E-state index is 12.0. The average Bonchev–Trinajstić information content (AvgIpc) is 1.81. The van der Waals surface area contributed by atoms with Crippen LogP contribution in [0.3, 0.4) is 0 Å². The Labute approximate surface area is 108 Å². The van der Waals surface area contributed by atoms with Crippen LogP contribution in [-0.4, -0.2) is 28.2 Å². The number of nitrogens with zero attached hydrogens (tertiary/aromatic N) is 1. The second-order valence-corrected chi connectivity index (χ2v) is 2.77. The van der Waals surface area contributed by atoms with Crippen molar-refractivity contribution in [2.45, 2.75) is 6.92 Å². The molecule has 0 aromatic carbocycles. The zero-order valence-corrected chi connectivity index (χ0v) is 10.4. The summed E-state index contributed by atoms with van der Waals surface area (Å²) in [6.07, 6.45) is 0. The van der Waals surface area contributed by atoms with E-state index < -0.39 is 14.6 Å². The Morgan fingerprint density at radius 1 is 1.73 bits per heavy atom. The van der Waals surface area contributed by atoms with Crippen LogP contribution >= 0.6 is 7.82 Å². The molecule has 0 aromatic heterocycles. The molecule has 5 nitrogen and oxygen atoms in total. The molecule has 11 heavy (non-hydrogen) atoms. The van der Waals surface area contributed by atoms with Crippen LogP contribution in [0.2, 0.25) is 0 Å². The fourth-order valence-electron chi connectivity index (χ4n) is 0.229. The van der Waals surface area contributed by atoms with Crippen molar-refractivity contribution in [2.24, 2.45) is 0 Å². The van der Waals surface area contributed by atoms with E-state index >= 15 is 0 Å². The van der Waals surface area contributed by atoms with Crippen molar-refractivity contribution in [2.75, 3.05) is 13.3 Å². The van der Waals surface area contributed by atoms with Crippen LogP contribution in [0.15, 0.2) is 0 Å². The number of rotatable bonds is 4. The minimum atomic E-state index is -4.51. The van der Waals surface area contributed by atoms with E-state index in [1.165, 1.54) is 6.92 Å². The summed E-state index contributed by atoms with van der Waals surface area (Å²) in [5, 5.41) is 0.138. The summed E-state index contributed by atoms with van der Waals surface area (Å²) >= 11 is 0. The van der Waals surface area contributed by atoms with Gasteiger partial charge in [0.15, 0.2) is 0 Å². The molecular formula is C3H10FKNO4P. The predicted molar refractivity (Wildman–Crippen MR) is 32.6 cm³/mol. The molecule has 64 valence electrons. The summed E-state index contributed by atoms with van der Waals surface area (Å²) in [6, 6.07) is 0. The summed E-state index contributed by atoms with van der Waals surface area (Å²) < 4.78 is 25.8. The normalized spacial score (nSPS) is 11.4. The summed E-state index contributed by atoms with van der Waals surface area (Å²) in [5.74, 6) is 0. The van der Waals surface area contributed by atoms with Gasteiger partial charge in [-0.25, -0.2) is 4.57 Å². The van der Waals surface area contributed by atoms with Crippen LogP contribution in [0.5, 0.6) is 0 Å². The van der Waals surface area contributed by atoms with Crippen molar-refractivity contribution >= 4 is 7.82 Å². The van der Waals surface area contributed by atoms with Crippen LogP contribution in [-0.2, 0) is 9.09 Å². The van der Waals surface area contributed by atoms with Gasteiger partial charge in [-0.15, -0.1) is 9.60 Å². The van der Waals surface area contributed by atoms with Crippen molar-refractivity contribution in [3.05, 3.63) is 0 Å². The van der Waals surface area contributed by atoms with Crippen LogP contribution < -0.4 is 51.4 Å². The molecule has 0 rings (SSSR count). The van der Waals surface area contributed by atoms with Gasteiger partial charge in [-0.05, 0) is 6.92 Å². The van der Waals surface area contributed by atoms with E-state index in [1.54, 1.807) is 0 Å². The molecule has 8 heteroatoms. The van der Waals surface area contributed by atoms with Crippen molar-refractivity contribution < 1.29 is 76.2 Å². The third-order valence-corrected chi connectivity index (χ3v) is 1.16. The molecule has 0 aliphatic heterocycles. The molecule has 0 radical (unpaired) electrons. The van der Waals surface area contributed by atoms with Crippen LogP contribution in [0.4, 0.5) is 4.48 Å². The standard InChI is InChI=1S/C3H9FNO4P.K.H/c1-2-5(4)3-9-10(6,7)8;;/h2-3H2,1H3,(H2,6,7,8);;/q;+1;-1. The van der Waals surface area contributed by atoms with Crippen LogP contribution in [0.25, 0.3) is 0 Å². The van der Waals surface area contributed by atoms with Gasteiger partial charge in [0.25, 0.3) is 0 Å². The Hall–Kier alpha value is 1.64. The minimum absolute atomic E-state index is 0. The Morgan fingerprint density at radius 3 is 2.45 bits per heavy atom. The molecule has 0 saturated heterocycles. The molecule has 0 aliphatic rings. The smallest absolute Gasteiger partial charge is 1.00 e. The van der Waals surface area contributed by atoms with Crippen LogP contribution in [0, 0.1) is 0 Å². The molecular weight excluding hydrogens is 203 g/mol. The monoisotopic (exact) mass is 213 g/mol. The van der Waals surface area contributed by atoms with Crippen LogP contribution in [0.1, 0.15) is 8.35 Å². The Balaban J connectivity index is -0.000000405. The maximum Gasteiger partial charge on any atom is 1.00 e. The SMILES string of the molecule is CCN(F)COP(=O)(O)O.[H-].[K+]. The van der Waals surface area contributed by atoms with Gasteiger partial charge in [-0.3, -0.25) is 4.52 Å². The van der Waals surface area contributed by atoms with Gasteiger partial charge in [0.05, 0.1) is 0 Å². The third-order valence-electron chi connectivity index (χ3n) is 0.709. The number of hydrogen-bond acceptors (Lipinski definition) is 3. The van der Waals surface area contributed by atoms with Gasteiger partial charge in [0, 0.05) is 6.54 Å². The predicted octanol–water partition coefficient (Wildman–Crippen LogP) is -2.62. The summed E-state index contributed by atoms with van der Waals surface area (Å²) in [7, 11) is -4.51. The fraction of sp³-hybridized carbons (Fsp3) is 1.00. The Morgan fingerprint density at radius 2 is 2.18 bits per heavy atom. The summed E-state index contributed by atoms with van der Waals surface area (Å²) in [4.78, 5) is 16.1. The number of phosphoric ester groups is 1. The number of hydrogen-bond donors (Lipinski definition) is 2. The van der Waals surface area contributed by atoms with Gasteiger partial charge in [0.1, 0.15) is 6.73 Å². The van der Waals surface area contributed by atoms with E-state index in [2.05, 4.69) is 4.52 Å². The van der Waals surface area contributed by atoms with Crippen molar-refractivity contribution in [3.63, 3.8) is 0 Å². The topological polar surface area (TPSA) is 70.0 Å². The van der Waals surface area contributed by atoms with Gasteiger partial charge in [-0.2, -0.15) is 0 Å². The molecule has 0 aromatic rings. The first-order valence-electron chi connectivity index (χ1n) is 2.56. The van der Waals surface area contributed by atoms with Crippen molar-refractivity contribution in [1.82, 2.24) is 5.12 Å². The molecule has 0 saturated carbocycles. The fourth-order valence-corrected chi connectivity index (χ4v) is 0.505.